The molecule has 3 heterocycles. The SMILES string of the molecule is Nc1ncccc1C(N)c1nc(N[C@H]2C3CCC(CC3)[C@@H]2C/C=C/O)c2cccn2n1. The Kier molecular flexibility index (Phi) is 5.23. The lowest BCUT2D eigenvalue weighted by Crippen LogP contribution is -2.48. The molecule has 3 fully saturated rings. The predicted molar refractivity (Wildman–Crippen MR) is 120 cm³/mol. The lowest BCUT2D eigenvalue weighted by atomic mass is 9.61. The first-order valence-electron chi connectivity index (χ1n) is 11.0. The van der Waals surface area contributed by atoms with Gasteiger partial charge in [0, 0.05) is 24.0 Å². The van der Waals surface area contributed by atoms with Crippen LogP contribution in [0.4, 0.5) is 11.6 Å². The third-order valence-electron chi connectivity index (χ3n) is 7.10. The first-order valence-corrected chi connectivity index (χ1v) is 11.0. The highest BCUT2D eigenvalue weighted by Gasteiger charge is 2.43. The van der Waals surface area contributed by atoms with Gasteiger partial charge in [-0.1, -0.05) is 6.07 Å². The van der Waals surface area contributed by atoms with Gasteiger partial charge in [0.25, 0.3) is 0 Å². The van der Waals surface area contributed by atoms with E-state index in [2.05, 4.69) is 15.4 Å². The van der Waals surface area contributed by atoms with Gasteiger partial charge < -0.3 is 21.9 Å². The van der Waals surface area contributed by atoms with Crippen LogP contribution < -0.4 is 16.8 Å². The Labute approximate surface area is 181 Å². The molecule has 8 nitrogen and oxygen atoms in total. The van der Waals surface area contributed by atoms with Gasteiger partial charge in [0.1, 0.15) is 11.3 Å². The van der Waals surface area contributed by atoms with Gasteiger partial charge in [0.15, 0.2) is 11.6 Å². The fraction of sp³-hybridized carbons (Fsp3) is 0.435. The highest BCUT2D eigenvalue weighted by molar-refractivity contribution is 5.68. The number of aliphatic hydroxyl groups is 1. The molecule has 0 spiro atoms. The molecule has 3 aliphatic rings. The quantitative estimate of drug-likeness (QED) is 0.451. The van der Waals surface area contributed by atoms with Gasteiger partial charge in [-0.05, 0) is 74.1 Å². The van der Waals surface area contributed by atoms with Crippen molar-refractivity contribution in [1.82, 2.24) is 19.6 Å². The van der Waals surface area contributed by atoms with Crippen LogP contribution >= 0.6 is 0 Å². The number of allylic oxidation sites excluding steroid dienone is 1. The van der Waals surface area contributed by atoms with Crippen molar-refractivity contribution in [3.05, 3.63) is 60.4 Å². The number of nitrogen functional groups attached to an aromatic ring is 1. The van der Waals surface area contributed by atoms with Crippen LogP contribution in [0.5, 0.6) is 0 Å². The number of aliphatic hydroxyl groups excluding tert-OH is 1. The molecular formula is C23H29N7O. The molecule has 0 amide bonds. The summed E-state index contributed by atoms with van der Waals surface area (Å²) in [5.41, 5.74) is 14.2. The van der Waals surface area contributed by atoms with Gasteiger partial charge in [-0.25, -0.2) is 14.5 Å². The van der Waals surface area contributed by atoms with E-state index >= 15 is 0 Å². The minimum absolute atomic E-state index is 0.310. The average Bonchev–Trinajstić information content (AvgIpc) is 3.28. The third kappa shape index (κ3) is 3.61. The number of rotatable bonds is 6. The number of aromatic nitrogens is 4. The van der Waals surface area contributed by atoms with Crippen molar-refractivity contribution in [1.29, 1.82) is 0 Å². The summed E-state index contributed by atoms with van der Waals surface area (Å²) >= 11 is 0. The van der Waals surface area contributed by atoms with Crippen LogP contribution in [-0.4, -0.2) is 30.7 Å². The van der Waals surface area contributed by atoms with Gasteiger partial charge in [0.2, 0.25) is 0 Å². The lowest BCUT2D eigenvalue weighted by Gasteiger charge is -2.49. The normalized spacial score (nSPS) is 26.5. The second kappa shape index (κ2) is 8.19. The fourth-order valence-corrected chi connectivity index (χ4v) is 5.54. The Morgan fingerprint density at radius 1 is 1.19 bits per heavy atom. The highest BCUT2D eigenvalue weighted by Crippen LogP contribution is 2.47. The number of pyridine rings is 1. The van der Waals surface area contributed by atoms with E-state index in [1.165, 1.54) is 31.9 Å². The Morgan fingerprint density at radius 3 is 2.77 bits per heavy atom. The van der Waals surface area contributed by atoms with Crippen molar-refractivity contribution in [2.45, 2.75) is 44.2 Å². The summed E-state index contributed by atoms with van der Waals surface area (Å²) in [6, 6.07) is 7.39. The Balaban J connectivity index is 1.51. The molecule has 0 radical (unpaired) electrons. The molecule has 0 aliphatic heterocycles. The van der Waals surface area contributed by atoms with Gasteiger partial charge in [0.05, 0.1) is 12.3 Å². The van der Waals surface area contributed by atoms with Gasteiger partial charge in [-0.3, -0.25) is 0 Å². The zero-order valence-corrected chi connectivity index (χ0v) is 17.4. The zero-order chi connectivity index (χ0) is 21.4. The molecule has 2 bridgehead atoms. The minimum Gasteiger partial charge on any atom is -0.516 e. The summed E-state index contributed by atoms with van der Waals surface area (Å²) in [5, 5.41) is 17.6. The molecule has 8 heteroatoms. The fourth-order valence-electron chi connectivity index (χ4n) is 5.54. The molecular weight excluding hydrogens is 390 g/mol. The van der Waals surface area contributed by atoms with Crippen molar-refractivity contribution in [2.75, 3.05) is 11.1 Å². The Bertz CT molecular complexity index is 1090. The van der Waals surface area contributed by atoms with E-state index < -0.39 is 6.04 Å². The molecule has 3 aromatic rings. The van der Waals surface area contributed by atoms with Crippen LogP contribution in [0, 0.1) is 17.8 Å². The summed E-state index contributed by atoms with van der Waals surface area (Å²) < 4.78 is 1.82. The van der Waals surface area contributed by atoms with Crippen molar-refractivity contribution < 1.29 is 5.11 Å². The molecule has 0 saturated heterocycles. The van der Waals surface area contributed by atoms with E-state index in [1.807, 2.05) is 41.1 Å². The van der Waals surface area contributed by atoms with E-state index in [0.29, 0.717) is 41.0 Å². The summed E-state index contributed by atoms with van der Waals surface area (Å²) in [6.45, 7) is 0. The molecule has 0 aromatic carbocycles. The minimum atomic E-state index is -0.572. The number of nitrogens with zero attached hydrogens (tertiary/aromatic N) is 4. The number of nitrogens with two attached hydrogens (primary N) is 2. The Morgan fingerprint density at radius 2 is 2.00 bits per heavy atom. The first kappa shape index (κ1) is 19.8. The molecule has 6 rings (SSSR count). The molecule has 3 aromatic heterocycles. The van der Waals surface area contributed by atoms with E-state index in [4.69, 9.17) is 16.5 Å². The second-order valence-corrected chi connectivity index (χ2v) is 8.74. The zero-order valence-electron chi connectivity index (χ0n) is 17.4. The molecule has 1 unspecified atom stereocenters. The first-order chi connectivity index (χ1) is 15.2. The number of nitrogens with one attached hydrogen (secondary N) is 1. The molecule has 3 saturated carbocycles. The van der Waals surface area contributed by atoms with Crippen LogP contribution in [0.25, 0.3) is 5.52 Å². The van der Waals surface area contributed by atoms with Crippen molar-refractivity contribution in [3.63, 3.8) is 0 Å². The van der Waals surface area contributed by atoms with Gasteiger partial charge >= 0.3 is 0 Å². The Hall–Kier alpha value is -3.13. The number of fused-ring (bicyclic) bond motifs is 4. The van der Waals surface area contributed by atoms with Gasteiger partial charge in [-0.15, -0.1) is 0 Å². The molecule has 3 aliphatic carbocycles. The number of hydrogen-bond donors (Lipinski definition) is 4. The van der Waals surface area contributed by atoms with E-state index in [9.17, 15) is 5.11 Å². The highest BCUT2D eigenvalue weighted by atomic mass is 16.2. The van der Waals surface area contributed by atoms with Gasteiger partial charge in [-0.2, -0.15) is 5.10 Å². The maximum Gasteiger partial charge on any atom is 0.172 e. The van der Waals surface area contributed by atoms with Crippen molar-refractivity contribution >= 4 is 17.2 Å². The maximum absolute atomic E-state index is 9.23. The van der Waals surface area contributed by atoms with Crippen molar-refractivity contribution in [3.8, 4) is 0 Å². The lowest BCUT2D eigenvalue weighted by molar-refractivity contribution is 0.0826. The van der Waals surface area contributed by atoms with Crippen LogP contribution in [0.15, 0.2) is 49.0 Å². The molecule has 6 N–H and O–H groups in total. The summed E-state index contributed by atoms with van der Waals surface area (Å²) in [5.74, 6) is 3.45. The second-order valence-electron chi connectivity index (χ2n) is 8.74. The molecule has 3 atom stereocenters. The van der Waals surface area contributed by atoms with Crippen LogP contribution in [-0.2, 0) is 0 Å². The van der Waals surface area contributed by atoms with E-state index in [0.717, 1.165) is 17.8 Å². The van der Waals surface area contributed by atoms with E-state index in [1.54, 1.807) is 6.20 Å². The third-order valence-corrected chi connectivity index (χ3v) is 7.10. The standard InChI is InChI=1S/C23H29N7O/c24-19(17-4-1-11-26-21(17)25)23-28-22(18-6-2-12-30(18)29-23)27-20-15-9-7-14(8-10-15)16(20)5-3-13-31/h1-4,6,11-16,19-20,31H,5,7-10,24H2,(H2,25,26)(H,27,28,29)/b13-3+/t14?,15?,16-,19?,20-/m0/s1. The van der Waals surface area contributed by atoms with Crippen LogP contribution in [0.1, 0.15) is 49.5 Å². The number of anilines is 2. The summed E-state index contributed by atoms with van der Waals surface area (Å²) in [7, 11) is 0. The monoisotopic (exact) mass is 419 g/mol. The maximum atomic E-state index is 9.23. The largest absolute Gasteiger partial charge is 0.516 e. The van der Waals surface area contributed by atoms with Crippen LogP contribution in [0.3, 0.4) is 0 Å². The molecule has 162 valence electrons. The topological polar surface area (TPSA) is 127 Å². The van der Waals surface area contributed by atoms with E-state index in [-0.39, 0.29) is 0 Å². The predicted octanol–water partition coefficient (Wildman–Crippen LogP) is 3.43. The average molecular weight is 420 g/mol. The van der Waals surface area contributed by atoms with Crippen LogP contribution in [0.2, 0.25) is 0 Å². The summed E-state index contributed by atoms with van der Waals surface area (Å²) in [4.78, 5) is 9.02. The number of hydrogen-bond acceptors (Lipinski definition) is 7. The smallest absolute Gasteiger partial charge is 0.172 e. The summed E-state index contributed by atoms with van der Waals surface area (Å²) in [6.07, 6.45) is 12.5. The van der Waals surface area contributed by atoms with Crippen molar-refractivity contribution in [2.24, 2.45) is 23.5 Å². The molecule has 31 heavy (non-hydrogen) atoms.